The molecular weight excluding hydrogens is 261 g/mol. The maximum atomic E-state index is 12.9. The minimum absolute atomic E-state index is 0.00356. The van der Waals surface area contributed by atoms with E-state index in [0.717, 1.165) is 13.0 Å². The highest BCUT2D eigenvalue weighted by Gasteiger charge is 2.44. The maximum absolute atomic E-state index is 12.9. The van der Waals surface area contributed by atoms with Gasteiger partial charge < -0.3 is 15.8 Å². The highest BCUT2D eigenvalue weighted by Crippen LogP contribution is 2.28. The van der Waals surface area contributed by atoms with Crippen molar-refractivity contribution >= 4 is 5.84 Å². The number of nitrogens with two attached hydrogens (primary N) is 1. The quantitative estimate of drug-likeness (QED) is 0.350. The van der Waals surface area contributed by atoms with Gasteiger partial charge in [0.2, 0.25) is 0 Å². The number of nitrogens with zero attached hydrogens (tertiary/aromatic N) is 3. The number of alkyl halides is 3. The van der Waals surface area contributed by atoms with Crippen molar-refractivity contribution in [3.05, 3.63) is 0 Å². The van der Waals surface area contributed by atoms with Gasteiger partial charge in [-0.2, -0.15) is 13.2 Å². The first kappa shape index (κ1) is 16.0. The van der Waals surface area contributed by atoms with Crippen molar-refractivity contribution in [1.29, 1.82) is 0 Å². The molecule has 5 nitrogen and oxygen atoms in total. The molecule has 1 rings (SSSR count). The van der Waals surface area contributed by atoms with Crippen LogP contribution < -0.4 is 5.73 Å². The van der Waals surface area contributed by atoms with Crippen LogP contribution in [-0.2, 0) is 0 Å². The minimum Gasteiger partial charge on any atom is -0.409 e. The third-order valence-electron chi connectivity index (χ3n) is 3.47. The zero-order chi connectivity index (χ0) is 14.6. The second-order valence-electron chi connectivity index (χ2n) is 5.08. The molecule has 112 valence electrons. The first-order valence-electron chi connectivity index (χ1n) is 6.22. The summed E-state index contributed by atoms with van der Waals surface area (Å²) >= 11 is 0. The Hall–Kier alpha value is -1.02. The van der Waals surface area contributed by atoms with Crippen molar-refractivity contribution in [2.75, 3.05) is 33.2 Å². The van der Waals surface area contributed by atoms with Gasteiger partial charge in [0.1, 0.15) is 5.92 Å². The summed E-state index contributed by atoms with van der Waals surface area (Å²) in [4.78, 5) is 3.84. The fourth-order valence-electron chi connectivity index (χ4n) is 2.36. The molecule has 2 unspecified atom stereocenters. The SMILES string of the molecule is CC1CN(C)CCCN1CC(C(N)=NO)C(F)(F)F. The lowest BCUT2D eigenvalue weighted by Gasteiger charge is -2.31. The van der Waals surface area contributed by atoms with E-state index in [2.05, 4.69) is 10.1 Å². The van der Waals surface area contributed by atoms with E-state index >= 15 is 0 Å². The zero-order valence-electron chi connectivity index (χ0n) is 11.2. The molecule has 0 aromatic heterocycles. The summed E-state index contributed by atoms with van der Waals surface area (Å²) in [5.74, 6) is -2.71. The Morgan fingerprint density at radius 1 is 1.47 bits per heavy atom. The van der Waals surface area contributed by atoms with Crippen LogP contribution >= 0.6 is 0 Å². The molecule has 0 saturated carbocycles. The largest absolute Gasteiger partial charge is 0.409 e. The average molecular weight is 282 g/mol. The van der Waals surface area contributed by atoms with Crippen molar-refractivity contribution < 1.29 is 18.4 Å². The van der Waals surface area contributed by atoms with Gasteiger partial charge in [0.15, 0.2) is 5.84 Å². The maximum Gasteiger partial charge on any atom is 0.400 e. The van der Waals surface area contributed by atoms with Crippen LogP contribution in [0.2, 0.25) is 0 Å². The minimum atomic E-state index is -4.51. The van der Waals surface area contributed by atoms with Gasteiger partial charge in [0.05, 0.1) is 0 Å². The van der Waals surface area contributed by atoms with E-state index in [9.17, 15) is 13.2 Å². The number of amidine groups is 1. The third-order valence-corrected chi connectivity index (χ3v) is 3.47. The van der Waals surface area contributed by atoms with Crippen LogP contribution in [0.5, 0.6) is 0 Å². The zero-order valence-corrected chi connectivity index (χ0v) is 11.2. The Morgan fingerprint density at radius 2 is 2.11 bits per heavy atom. The van der Waals surface area contributed by atoms with E-state index < -0.39 is 17.9 Å². The second kappa shape index (κ2) is 6.42. The summed E-state index contributed by atoms with van der Waals surface area (Å²) < 4.78 is 38.7. The van der Waals surface area contributed by atoms with E-state index in [1.807, 2.05) is 14.0 Å². The Bertz CT molecular complexity index is 322. The molecule has 8 heteroatoms. The summed E-state index contributed by atoms with van der Waals surface area (Å²) in [5.41, 5.74) is 5.18. The van der Waals surface area contributed by atoms with Crippen LogP contribution in [0.1, 0.15) is 13.3 Å². The lowest BCUT2D eigenvalue weighted by molar-refractivity contribution is -0.161. The normalized spacial score (nSPS) is 26.2. The summed E-state index contributed by atoms with van der Waals surface area (Å²) in [7, 11) is 1.95. The first-order chi connectivity index (χ1) is 8.75. The molecule has 1 saturated heterocycles. The van der Waals surface area contributed by atoms with E-state index in [0.29, 0.717) is 13.1 Å². The number of rotatable bonds is 3. The molecule has 1 heterocycles. The van der Waals surface area contributed by atoms with Crippen LogP contribution in [0.25, 0.3) is 0 Å². The molecule has 1 fully saturated rings. The second-order valence-corrected chi connectivity index (χ2v) is 5.08. The van der Waals surface area contributed by atoms with E-state index in [4.69, 9.17) is 10.9 Å². The highest BCUT2D eigenvalue weighted by atomic mass is 19.4. The number of hydrogen-bond acceptors (Lipinski definition) is 4. The molecule has 0 radical (unpaired) electrons. The van der Waals surface area contributed by atoms with E-state index in [1.165, 1.54) is 0 Å². The predicted molar refractivity (Wildman–Crippen MR) is 66.1 cm³/mol. The topological polar surface area (TPSA) is 65.1 Å². The number of oxime groups is 1. The monoisotopic (exact) mass is 282 g/mol. The molecule has 0 spiro atoms. The lowest BCUT2D eigenvalue weighted by atomic mass is 10.1. The summed E-state index contributed by atoms with van der Waals surface area (Å²) in [6.45, 7) is 3.77. The standard InChI is InChI=1S/C11H21F3N4O/c1-8-6-17(2)4-3-5-18(8)7-9(10(15)16-19)11(12,13)14/h8-9,19H,3-7H2,1-2H3,(H2,15,16). The Kier molecular flexibility index (Phi) is 5.42. The van der Waals surface area contributed by atoms with Crippen LogP contribution in [0.4, 0.5) is 13.2 Å². The fourth-order valence-corrected chi connectivity index (χ4v) is 2.36. The summed E-state index contributed by atoms with van der Waals surface area (Å²) in [6.07, 6.45) is -3.70. The van der Waals surface area contributed by atoms with Gasteiger partial charge in [0, 0.05) is 19.1 Å². The molecule has 1 aliphatic heterocycles. The molecule has 0 aromatic rings. The average Bonchev–Trinajstić information content (AvgIpc) is 2.45. The number of hydrogen-bond donors (Lipinski definition) is 2. The number of halogens is 3. The van der Waals surface area contributed by atoms with Gasteiger partial charge in [0.25, 0.3) is 0 Å². The van der Waals surface area contributed by atoms with Gasteiger partial charge in [-0.25, -0.2) is 0 Å². The third kappa shape index (κ3) is 4.54. The molecule has 0 aliphatic carbocycles. The Labute approximate surface area is 110 Å². The van der Waals surface area contributed by atoms with Crippen LogP contribution in [0, 0.1) is 5.92 Å². The molecule has 0 aromatic carbocycles. The van der Waals surface area contributed by atoms with Gasteiger partial charge in [-0.3, -0.25) is 4.90 Å². The Morgan fingerprint density at radius 3 is 2.63 bits per heavy atom. The molecule has 2 atom stereocenters. The lowest BCUT2D eigenvalue weighted by Crippen LogP contribution is -2.48. The summed E-state index contributed by atoms with van der Waals surface area (Å²) in [5, 5.41) is 11.0. The van der Waals surface area contributed by atoms with E-state index in [1.54, 1.807) is 4.90 Å². The molecule has 1 aliphatic rings. The molecule has 0 amide bonds. The molecule has 19 heavy (non-hydrogen) atoms. The van der Waals surface area contributed by atoms with Crippen molar-refractivity contribution in [3.8, 4) is 0 Å². The summed E-state index contributed by atoms with van der Waals surface area (Å²) in [6, 6.07) is 0.00356. The smallest absolute Gasteiger partial charge is 0.400 e. The van der Waals surface area contributed by atoms with Crippen LogP contribution in [-0.4, -0.2) is 66.3 Å². The molecule has 0 bridgehead atoms. The predicted octanol–water partition coefficient (Wildman–Crippen LogP) is 0.937. The van der Waals surface area contributed by atoms with Gasteiger partial charge in [-0.1, -0.05) is 5.16 Å². The Balaban J connectivity index is 2.78. The van der Waals surface area contributed by atoms with E-state index in [-0.39, 0.29) is 12.6 Å². The molecule has 3 N–H and O–H groups in total. The van der Waals surface area contributed by atoms with Crippen molar-refractivity contribution in [1.82, 2.24) is 9.80 Å². The highest BCUT2D eigenvalue weighted by molar-refractivity contribution is 5.83. The number of likely N-dealkylation sites (N-methyl/N-ethyl adjacent to an activating group) is 1. The van der Waals surface area contributed by atoms with Crippen LogP contribution in [0.3, 0.4) is 0 Å². The molecular formula is C11H21F3N4O. The van der Waals surface area contributed by atoms with Gasteiger partial charge >= 0.3 is 6.18 Å². The van der Waals surface area contributed by atoms with Gasteiger partial charge in [-0.05, 0) is 33.5 Å². The fraction of sp³-hybridized carbons (Fsp3) is 0.909. The first-order valence-corrected chi connectivity index (χ1v) is 6.22. The van der Waals surface area contributed by atoms with Crippen molar-refractivity contribution in [2.45, 2.75) is 25.6 Å². The van der Waals surface area contributed by atoms with Crippen molar-refractivity contribution in [2.24, 2.45) is 16.8 Å². The van der Waals surface area contributed by atoms with Crippen molar-refractivity contribution in [3.63, 3.8) is 0 Å². The van der Waals surface area contributed by atoms with Crippen LogP contribution in [0.15, 0.2) is 5.16 Å². The van der Waals surface area contributed by atoms with Gasteiger partial charge in [-0.15, -0.1) is 0 Å².